The van der Waals surface area contributed by atoms with E-state index in [2.05, 4.69) is 4.98 Å². The third-order valence-electron chi connectivity index (χ3n) is 1.80. The molecule has 0 spiro atoms. The Bertz CT molecular complexity index is 257. The largest absolute Gasteiger partial charge is 0.335 e. The predicted octanol–water partition coefficient (Wildman–Crippen LogP) is 0.108. The van der Waals surface area contributed by atoms with Crippen LogP contribution in [0, 0.1) is 6.92 Å². The molecule has 1 aromatic heterocycles. The molecule has 66 valence electrons. The number of aldehydes is 1. The minimum atomic E-state index is -0.355. The summed E-state index contributed by atoms with van der Waals surface area (Å²) in [5, 5.41) is 0. The molecule has 2 N–H and O–H groups in total. The van der Waals surface area contributed by atoms with Crippen LogP contribution in [0.1, 0.15) is 12.2 Å². The molecule has 0 aliphatic rings. The molecular weight excluding hydrogens is 154 g/mol. The molecule has 0 saturated carbocycles. The second kappa shape index (κ2) is 4.01. The fourth-order valence-corrected chi connectivity index (χ4v) is 0.996. The Hall–Kier alpha value is -1.16. The molecule has 0 aliphatic carbocycles. The van der Waals surface area contributed by atoms with Gasteiger partial charge in [-0.25, -0.2) is 4.98 Å². The molecule has 1 rings (SSSR count). The Morgan fingerprint density at radius 3 is 3.08 bits per heavy atom. The van der Waals surface area contributed by atoms with Crippen molar-refractivity contribution in [2.75, 3.05) is 0 Å². The monoisotopic (exact) mass is 167 g/mol. The van der Waals surface area contributed by atoms with E-state index in [4.69, 9.17) is 5.73 Å². The summed E-state index contributed by atoms with van der Waals surface area (Å²) in [4.78, 5) is 14.3. The summed E-state index contributed by atoms with van der Waals surface area (Å²) < 4.78 is 1.98. The Labute approximate surface area is 71.4 Å². The van der Waals surface area contributed by atoms with Gasteiger partial charge in [-0.1, -0.05) is 0 Å². The van der Waals surface area contributed by atoms with Gasteiger partial charge in [-0.2, -0.15) is 0 Å². The summed E-state index contributed by atoms with van der Waals surface area (Å²) in [6, 6.07) is -0.355. The van der Waals surface area contributed by atoms with E-state index in [1.807, 2.05) is 17.7 Å². The third kappa shape index (κ3) is 2.17. The van der Waals surface area contributed by atoms with Gasteiger partial charge in [0.05, 0.1) is 6.04 Å². The normalized spacial score (nSPS) is 12.8. The second-order valence-electron chi connectivity index (χ2n) is 2.76. The van der Waals surface area contributed by atoms with E-state index in [-0.39, 0.29) is 6.04 Å². The fraction of sp³-hybridized carbons (Fsp3) is 0.500. The van der Waals surface area contributed by atoms with E-state index in [1.165, 1.54) is 0 Å². The first-order valence-electron chi connectivity index (χ1n) is 3.92. The number of hydrogen-bond acceptors (Lipinski definition) is 3. The SMILES string of the molecule is Cc1nccn1CCC(N)C=O. The van der Waals surface area contributed by atoms with Crippen molar-refractivity contribution in [3.63, 3.8) is 0 Å². The van der Waals surface area contributed by atoms with Crippen molar-refractivity contribution in [2.45, 2.75) is 25.9 Å². The van der Waals surface area contributed by atoms with Gasteiger partial charge in [-0.05, 0) is 13.3 Å². The van der Waals surface area contributed by atoms with Gasteiger partial charge in [0.15, 0.2) is 0 Å². The van der Waals surface area contributed by atoms with Crippen LogP contribution in [0.2, 0.25) is 0 Å². The van der Waals surface area contributed by atoms with Crippen molar-refractivity contribution in [2.24, 2.45) is 5.73 Å². The van der Waals surface area contributed by atoms with Crippen LogP contribution in [0.15, 0.2) is 12.4 Å². The number of imidazole rings is 1. The average molecular weight is 167 g/mol. The first-order chi connectivity index (χ1) is 5.74. The molecule has 0 radical (unpaired) electrons. The third-order valence-corrected chi connectivity index (χ3v) is 1.80. The van der Waals surface area contributed by atoms with Crippen molar-refractivity contribution in [3.05, 3.63) is 18.2 Å². The molecular formula is C8H13N3O. The highest BCUT2D eigenvalue weighted by Crippen LogP contribution is 1.97. The number of nitrogens with zero attached hydrogens (tertiary/aromatic N) is 2. The van der Waals surface area contributed by atoms with E-state index in [9.17, 15) is 4.79 Å². The molecule has 0 saturated heterocycles. The predicted molar refractivity (Wildman–Crippen MR) is 45.6 cm³/mol. The molecule has 0 amide bonds. The lowest BCUT2D eigenvalue weighted by Crippen LogP contribution is -2.23. The zero-order valence-electron chi connectivity index (χ0n) is 7.10. The lowest BCUT2D eigenvalue weighted by Gasteiger charge is -2.05. The van der Waals surface area contributed by atoms with Crippen LogP contribution in [-0.2, 0) is 11.3 Å². The zero-order valence-corrected chi connectivity index (χ0v) is 7.10. The number of nitrogens with two attached hydrogens (primary N) is 1. The van der Waals surface area contributed by atoms with Gasteiger partial charge in [0.2, 0.25) is 0 Å². The van der Waals surface area contributed by atoms with Crippen LogP contribution in [-0.4, -0.2) is 21.9 Å². The number of aryl methyl sites for hydroxylation is 2. The maximum atomic E-state index is 10.2. The van der Waals surface area contributed by atoms with E-state index in [1.54, 1.807) is 6.20 Å². The maximum Gasteiger partial charge on any atom is 0.136 e. The standard InChI is InChI=1S/C8H13N3O/c1-7-10-3-5-11(7)4-2-8(9)6-12/h3,5-6,8H,2,4,9H2,1H3. The van der Waals surface area contributed by atoms with Crippen molar-refractivity contribution < 1.29 is 4.79 Å². The van der Waals surface area contributed by atoms with E-state index >= 15 is 0 Å². The van der Waals surface area contributed by atoms with Gasteiger partial charge in [-0.3, -0.25) is 0 Å². The molecule has 0 fully saturated rings. The average Bonchev–Trinajstić information content (AvgIpc) is 2.47. The molecule has 1 atom stereocenters. The van der Waals surface area contributed by atoms with E-state index in [0.717, 1.165) is 18.7 Å². The number of carbonyl (C=O) groups is 1. The first kappa shape index (κ1) is 8.93. The summed E-state index contributed by atoms with van der Waals surface area (Å²) in [5.74, 6) is 0.952. The van der Waals surface area contributed by atoms with Gasteiger partial charge in [0.1, 0.15) is 12.1 Å². The molecule has 1 heterocycles. The topological polar surface area (TPSA) is 60.9 Å². The Balaban J connectivity index is 2.43. The highest BCUT2D eigenvalue weighted by molar-refractivity contribution is 5.56. The van der Waals surface area contributed by atoms with Crippen LogP contribution >= 0.6 is 0 Å². The molecule has 0 aliphatic heterocycles. The second-order valence-corrected chi connectivity index (χ2v) is 2.76. The molecule has 1 unspecified atom stereocenters. The first-order valence-corrected chi connectivity index (χ1v) is 3.92. The lowest BCUT2D eigenvalue weighted by molar-refractivity contribution is -0.109. The molecule has 0 bridgehead atoms. The zero-order chi connectivity index (χ0) is 8.97. The van der Waals surface area contributed by atoms with E-state index in [0.29, 0.717) is 6.42 Å². The number of aromatic nitrogens is 2. The molecule has 0 aromatic carbocycles. The summed E-state index contributed by atoms with van der Waals surface area (Å²) in [7, 11) is 0. The minimum absolute atomic E-state index is 0.355. The van der Waals surface area contributed by atoms with Crippen LogP contribution in [0.25, 0.3) is 0 Å². The van der Waals surface area contributed by atoms with Gasteiger partial charge in [0, 0.05) is 18.9 Å². The molecule has 4 heteroatoms. The Morgan fingerprint density at radius 1 is 1.83 bits per heavy atom. The Kier molecular flexibility index (Phi) is 2.99. The number of rotatable bonds is 4. The van der Waals surface area contributed by atoms with Gasteiger partial charge in [0.25, 0.3) is 0 Å². The Morgan fingerprint density at radius 2 is 2.58 bits per heavy atom. The van der Waals surface area contributed by atoms with Crippen LogP contribution in [0.5, 0.6) is 0 Å². The maximum absolute atomic E-state index is 10.2. The van der Waals surface area contributed by atoms with Crippen molar-refractivity contribution in [1.29, 1.82) is 0 Å². The minimum Gasteiger partial charge on any atom is -0.335 e. The number of carbonyl (C=O) groups excluding carboxylic acids is 1. The highest BCUT2D eigenvalue weighted by Gasteiger charge is 2.01. The van der Waals surface area contributed by atoms with Crippen LogP contribution < -0.4 is 5.73 Å². The smallest absolute Gasteiger partial charge is 0.136 e. The number of hydrogen-bond donors (Lipinski definition) is 1. The lowest BCUT2D eigenvalue weighted by atomic mass is 10.2. The van der Waals surface area contributed by atoms with Gasteiger partial charge in [-0.15, -0.1) is 0 Å². The fourth-order valence-electron chi connectivity index (χ4n) is 0.996. The van der Waals surface area contributed by atoms with Crippen molar-refractivity contribution in [1.82, 2.24) is 9.55 Å². The molecule has 1 aromatic rings. The quantitative estimate of drug-likeness (QED) is 0.647. The van der Waals surface area contributed by atoms with Crippen molar-refractivity contribution in [3.8, 4) is 0 Å². The van der Waals surface area contributed by atoms with Crippen LogP contribution in [0.3, 0.4) is 0 Å². The summed E-state index contributed by atoms with van der Waals surface area (Å²) in [6.45, 7) is 2.68. The van der Waals surface area contributed by atoms with Gasteiger partial charge >= 0.3 is 0 Å². The molecule has 4 nitrogen and oxygen atoms in total. The van der Waals surface area contributed by atoms with E-state index < -0.39 is 0 Å². The van der Waals surface area contributed by atoms with Gasteiger partial charge < -0.3 is 15.1 Å². The summed E-state index contributed by atoms with van der Waals surface area (Å²) in [6.07, 6.45) is 5.06. The molecule has 12 heavy (non-hydrogen) atoms. The summed E-state index contributed by atoms with van der Waals surface area (Å²) in [5.41, 5.74) is 5.44. The highest BCUT2D eigenvalue weighted by atomic mass is 16.1. The van der Waals surface area contributed by atoms with Crippen molar-refractivity contribution >= 4 is 6.29 Å². The van der Waals surface area contributed by atoms with Crippen LogP contribution in [0.4, 0.5) is 0 Å². The summed E-state index contributed by atoms with van der Waals surface area (Å²) >= 11 is 0.